The Morgan fingerprint density at radius 3 is 2.81 bits per heavy atom. The summed E-state index contributed by atoms with van der Waals surface area (Å²) in [5.41, 5.74) is 6.39. The summed E-state index contributed by atoms with van der Waals surface area (Å²) in [6.45, 7) is 3.71. The second kappa shape index (κ2) is 5.43. The Balaban J connectivity index is 2.18. The third-order valence-corrected chi connectivity index (χ3v) is 2.64. The number of ether oxygens (including phenoxy) is 1. The lowest BCUT2D eigenvalue weighted by Gasteiger charge is -2.27. The molecule has 0 aliphatic carbocycles. The number of morpholine rings is 1. The fourth-order valence-electron chi connectivity index (χ4n) is 1.68. The maximum Gasteiger partial charge on any atom is 0.224 e. The second-order valence-electron chi connectivity index (χ2n) is 3.62. The Hall–Kier alpha value is -0.910. The van der Waals surface area contributed by atoms with Crippen LogP contribution in [0.2, 0.25) is 5.28 Å². The first-order valence-corrected chi connectivity index (χ1v) is 5.73. The molecule has 1 saturated heterocycles. The van der Waals surface area contributed by atoms with Crippen LogP contribution in [0.3, 0.4) is 0 Å². The first-order chi connectivity index (χ1) is 7.79. The molecule has 88 valence electrons. The summed E-state index contributed by atoms with van der Waals surface area (Å²) < 4.78 is 5.29. The fraction of sp³-hybridized carbons (Fsp3) is 0.600. The number of nitrogens with zero attached hydrogens (tertiary/aromatic N) is 3. The maximum absolute atomic E-state index is 5.88. The summed E-state index contributed by atoms with van der Waals surface area (Å²) in [5, 5.41) is 0.285. The molecule has 2 N–H and O–H groups in total. The topological polar surface area (TPSA) is 64.3 Å². The molecule has 2 heterocycles. The molecule has 1 aromatic heterocycles. The van der Waals surface area contributed by atoms with E-state index in [-0.39, 0.29) is 5.28 Å². The van der Waals surface area contributed by atoms with E-state index in [1.165, 1.54) is 0 Å². The highest BCUT2D eigenvalue weighted by molar-refractivity contribution is 6.28. The number of halogens is 1. The van der Waals surface area contributed by atoms with Gasteiger partial charge in [0.1, 0.15) is 5.82 Å². The molecule has 0 radical (unpaired) electrons. The number of aromatic nitrogens is 2. The Labute approximate surface area is 99.6 Å². The van der Waals surface area contributed by atoms with E-state index in [0.29, 0.717) is 6.54 Å². The van der Waals surface area contributed by atoms with E-state index in [9.17, 15) is 0 Å². The Morgan fingerprint density at radius 2 is 2.12 bits per heavy atom. The average Bonchev–Trinajstić information content (AvgIpc) is 2.30. The predicted octanol–water partition coefficient (Wildman–Crippen LogP) is 0.468. The number of anilines is 1. The maximum atomic E-state index is 5.88. The van der Waals surface area contributed by atoms with Crippen molar-refractivity contribution >= 4 is 17.4 Å². The molecule has 2 rings (SSSR count). The largest absolute Gasteiger partial charge is 0.378 e. The van der Waals surface area contributed by atoms with Gasteiger partial charge in [-0.1, -0.05) is 0 Å². The van der Waals surface area contributed by atoms with Gasteiger partial charge in [-0.3, -0.25) is 0 Å². The summed E-state index contributed by atoms with van der Waals surface area (Å²) in [6.07, 6.45) is 0.722. The molecule has 0 unspecified atom stereocenters. The van der Waals surface area contributed by atoms with Crippen molar-refractivity contribution in [2.45, 2.75) is 6.42 Å². The Bertz CT molecular complexity index is 355. The second-order valence-corrected chi connectivity index (χ2v) is 3.96. The van der Waals surface area contributed by atoms with Crippen molar-refractivity contribution in [1.82, 2.24) is 9.97 Å². The third-order valence-electron chi connectivity index (χ3n) is 2.47. The van der Waals surface area contributed by atoms with Crippen LogP contribution in [-0.2, 0) is 11.2 Å². The first-order valence-electron chi connectivity index (χ1n) is 5.36. The van der Waals surface area contributed by atoms with Gasteiger partial charge < -0.3 is 15.4 Å². The first kappa shape index (κ1) is 11.6. The molecule has 0 bridgehead atoms. The Morgan fingerprint density at radius 1 is 1.38 bits per heavy atom. The van der Waals surface area contributed by atoms with Crippen LogP contribution in [-0.4, -0.2) is 42.8 Å². The van der Waals surface area contributed by atoms with Crippen molar-refractivity contribution in [2.75, 3.05) is 37.7 Å². The van der Waals surface area contributed by atoms with Crippen molar-refractivity contribution in [3.8, 4) is 0 Å². The van der Waals surface area contributed by atoms with Gasteiger partial charge in [0.25, 0.3) is 0 Å². The van der Waals surface area contributed by atoms with E-state index >= 15 is 0 Å². The zero-order chi connectivity index (χ0) is 11.4. The number of hydrogen-bond donors (Lipinski definition) is 1. The highest BCUT2D eigenvalue weighted by Gasteiger charge is 2.14. The molecule has 0 spiro atoms. The van der Waals surface area contributed by atoms with Gasteiger partial charge in [-0.2, -0.15) is 0 Å². The summed E-state index contributed by atoms with van der Waals surface area (Å²) in [5.74, 6) is 0.867. The quantitative estimate of drug-likeness (QED) is 0.781. The van der Waals surface area contributed by atoms with Gasteiger partial charge in [0.2, 0.25) is 5.28 Å². The fourth-order valence-corrected chi connectivity index (χ4v) is 1.88. The van der Waals surface area contributed by atoms with Crippen molar-refractivity contribution in [2.24, 2.45) is 5.73 Å². The van der Waals surface area contributed by atoms with Gasteiger partial charge in [-0.25, -0.2) is 9.97 Å². The molecule has 1 fully saturated rings. The lowest BCUT2D eigenvalue weighted by atomic mass is 10.3. The summed E-state index contributed by atoms with van der Waals surface area (Å²) in [6, 6.07) is 1.95. The van der Waals surface area contributed by atoms with Crippen LogP contribution < -0.4 is 10.6 Å². The third kappa shape index (κ3) is 2.81. The van der Waals surface area contributed by atoms with Crippen LogP contribution in [0.5, 0.6) is 0 Å². The highest BCUT2D eigenvalue weighted by Crippen LogP contribution is 2.16. The highest BCUT2D eigenvalue weighted by atomic mass is 35.5. The van der Waals surface area contributed by atoms with E-state index < -0.39 is 0 Å². The van der Waals surface area contributed by atoms with Gasteiger partial charge in [0.15, 0.2) is 0 Å². The van der Waals surface area contributed by atoms with Crippen molar-refractivity contribution in [3.63, 3.8) is 0 Å². The minimum Gasteiger partial charge on any atom is -0.378 e. The monoisotopic (exact) mass is 242 g/mol. The molecule has 1 aliphatic heterocycles. The molecular formula is C10H15ClN4O. The van der Waals surface area contributed by atoms with Crippen molar-refractivity contribution < 1.29 is 4.74 Å². The summed E-state index contributed by atoms with van der Waals surface area (Å²) in [4.78, 5) is 10.5. The lowest BCUT2D eigenvalue weighted by Crippen LogP contribution is -2.36. The minimum absolute atomic E-state index is 0.285. The summed E-state index contributed by atoms with van der Waals surface area (Å²) in [7, 11) is 0. The molecule has 0 saturated carbocycles. The van der Waals surface area contributed by atoms with E-state index in [4.69, 9.17) is 22.1 Å². The zero-order valence-corrected chi connectivity index (χ0v) is 9.78. The minimum atomic E-state index is 0.285. The molecule has 1 aliphatic rings. The molecule has 16 heavy (non-hydrogen) atoms. The number of nitrogens with two attached hydrogens (primary N) is 1. The van der Waals surface area contributed by atoms with E-state index in [2.05, 4.69) is 14.9 Å². The normalized spacial score (nSPS) is 16.5. The van der Waals surface area contributed by atoms with Gasteiger partial charge >= 0.3 is 0 Å². The zero-order valence-electron chi connectivity index (χ0n) is 9.03. The van der Waals surface area contributed by atoms with E-state index in [0.717, 1.165) is 44.2 Å². The molecule has 0 aromatic carbocycles. The average molecular weight is 243 g/mol. The van der Waals surface area contributed by atoms with Gasteiger partial charge in [-0.15, -0.1) is 0 Å². The molecule has 5 nitrogen and oxygen atoms in total. The number of hydrogen-bond acceptors (Lipinski definition) is 5. The number of rotatable bonds is 3. The lowest BCUT2D eigenvalue weighted by molar-refractivity contribution is 0.122. The molecule has 0 atom stereocenters. The molecular weight excluding hydrogens is 228 g/mol. The van der Waals surface area contributed by atoms with E-state index in [1.54, 1.807) is 0 Å². The van der Waals surface area contributed by atoms with Crippen LogP contribution in [0, 0.1) is 0 Å². The van der Waals surface area contributed by atoms with Gasteiger partial charge in [0.05, 0.1) is 13.2 Å². The van der Waals surface area contributed by atoms with Crippen LogP contribution in [0.4, 0.5) is 5.82 Å². The smallest absolute Gasteiger partial charge is 0.224 e. The SMILES string of the molecule is NCCc1cc(N2CCOCC2)nc(Cl)n1. The molecule has 1 aromatic rings. The van der Waals surface area contributed by atoms with Crippen molar-refractivity contribution in [1.29, 1.82) is 0 Å². The summed E-state index contributed by atoms with van der Waals surface area (Å²) >= 11 is 5.88. The van der Waals surface area contributed by atoms with E-state index in [1.807, 2.05) is 6.07 Å². The van der Waals surface area contributed by atoms with Crippen LogP contribution in [0.15, 0.2) is 6.07 Å². The van der Waals surface area contributed by atoms with Gasteiger partial charge in [0, 0.05) is 31.3 Å². The Kier molecular flexibility index (Phi) is 3.93. The molecule has 6 heteroatoms. The van der Waals surface area contributed by atoms with Gasteiger partial charge in [-0.05, 0) is 18.1 Å². The van der Waals surface area contributed by atoms with Crippen LogP contribution in [0.25, 0.3) is 0 Å². The predicted molar refractivity (Wildman–Crippen MR) is 62.8 cm³/mol. The standard InChI is InChI=1S/C10H15ClN4O/c11-10-13-8(1-2-12)7-9(14-10)15-3-5-16-6-4-15/h7H,1-6,12H2. The molecule has 0 amide bonds. The van der Waals surface area contributed by atoms with Crippen molar-refractivity contribution in [3.05, 3.63) is 17.0 Å². The van der Waals surface area contributed by atoms with Crippen LogP contribution >= 0.6 is 11.6 Å². The van der Waals surface area contributed by atoms with Crippen LogP contribution in [0.1, 0.15) is 5.69 Å².